The van der Waals surface area contributed by atoms with Gasteiger partial charge in [-0.25, -0.2) is 4.98 Å². The molecule has 7 heteroatoms. The lowest BCUT2D eigenvalue weighted by Gasteiger charge is -2.14. The van der Waals surface area contributed by atoms with Gasteiger partial charge in [0.05, 0.1) is 12.2 Å². The van der Waals surface area contributed by atoms with Crippen LogP contribution in [0.1, 0.15) is 11.1 Å². The third-order valence-corrected chi connectivity index (χ3v) is 3.93. The number of aliphatic hydroxyl groups excluding tert-OH is 1. The predicted octanol–water partition coefficient (Wildman–Crippen LogP) is 1.99. The molecule has 0 atom stereocenters. The molecule has 0 amide bonds. The highest BCUT2D eigenvalue weighted by Gasteiger charge is 2.19. The van der Waals surface area contributed by atoms with Crippen LogP contribution in [-0.2, 0) is 0 Å². The highest BCUT2D eigenvalue weighted by molar-refractivity contribution is 7.99. The van der Waals surface area contributed by atoms with E-state index in [1.54, 1.807) is 12.1 Å². The van der Waals surface area contributed by atoms with Gasteiger partial charge in [0.15, 0.2) is 0 Å². The van der Waals surface area contributed by atoms with Gasteiger partial charge in [0, 0.05) is 23.1 Å². The van der Waals surface area contributed by atoms with Gasteiger partial charge in [-0.15, -0.1) is 11.8 Å². The van der Waals surface area contributed by atoms with Gasteiger partial charge in [0.25, 0.3) is 0 Å². The summed E-state index contributed by atoms with van der Waals surface area (Å²) in [4.78, 5) is 4.16. The Labute approximate surface area is 131 Å². The molecule has 0 unspecified atom stereocenters. The third-order valence-electron chi connectivity index (χ3n) is 2.97. The minimum Gasteiger partial charge on any atom is -0.508 e. The summed E-state index contributed by atoms with van der Waals surface area (Å²) in [7, 11) is 0. The first kappa shape index (κ1) is 15.8. The molecule has 1 heterocycles. The second-order valence-electron chi connectivity index (χ2n) is 4.34. The van der Waals surface area contributed by atoms with Gasteiger partial charge in [-0.1, -0.05) is 12.1 Å². The van der Waals surface area contributed by atoms with Crippen LogP contribution in [0.3, 0.4) is 0 Å². The summed E-state index contributed by atoms with van der Waals surface area (Å²) >= 11 is 1.23. The molecule has 0 aliphatic carbocycles. The first-order valence-electron chi connectivity index (χ1n) is 6.39. The molecule has 0 saturated carbocycles. The molecule has 2 aromatic rings. The number of nitriles is 1. The second kappa shape index (κ2) is 6.93. The molecule has 0 aliphatic heterocycles. The van der Waals surface area contributed by atoms with E-state index in [0.717, 1.165) is 6.21 Å². The van der Waals surface area contributed by atoms with Crippen LogP contribution in [0.2, 0.25) is 0 Å². The van der Waals surface area contributed by atoms with Crippen molar-refractivity contribution < 1.29 is 10.2 Å². The monoisotopic (exact) mass is 314 g/mol. The van der Waals surface area contributed by atoms with Crippen LogP contribution < -0.4 is 5.73 Å². The summed E-state index contributed by atoms with van der Waals surface area (Å²) in [5.74, 6) is 0.646. The Bertz CT molecular complexity index is 739. The minimum atomic E-state index is -0.0437. The van der Waals surface area contributed by atoms with Crippen LogP contribution >= 0.6 is 11.8 Å². The van der Waals surface area contributed by atoms with Crippen LogP contribution in [-0.4, -0.2) is 33.8 Å². The zero-order chi connectivity index (χ0) is 16.1. The molecular weight excluding hydrogens is 300 g/mol. The number of nitrogens with zero attached hydrogens (tertiary/aromatic N) is 2. The predicted molar refractivity (Wildman–Crippen MR) is 86.2 cm³/mol. The van der Waals surface area contributed by atoms with Gasteiger partial charge < -0.3 is 21.4 Å². The molecule has 5 N–H and O–H groups in total. The Morgan fingerprint density at radius 3 is 2.59 bits per heavy atom. The molecule has 0 spiro atoms. The molecule has 22 heavy (non-hydrogen) atoms. The number of nitrogens with two attached hydrogens (primary N) is 1. The molecule has 2 rings (SSSR count). The van der Waals surface area contributed by atoms with Crippen molar-refractivity contribution in [1.29, 1.82) is 10.7 Å². The maximum absolute atomic E-state index is 9.49. The van der Waals surface area contributed by atoms with Crippen LogP contribution in [0.5, 0.6) is 5.75 Å². The fourth-order valence-corrected chi connectivity index (χ4v) is 2.76. The third kappa shape index (κ3) is 3.03. The van der Waals surface area contributed by atoms with Gasteiger partial charge in [-0.05, 0) is 17.7 Å². The Morgan fingerprint density at radius 1 is 1.36 bits per heavy atom. The van der Waals surface area contributed by atoms with E-state index >= 15 is 0 Å². The van der Waals surface area contributed by atoms with E-state index in [1.165, 1.54) is 23.9 Å². The minimum absolute atomic E-state index is 0.0437. The SMILES string of the molecule is N#Cc1c(SCCO)nc(N)c(C=N)c1-c1ccc(O)cc1. The average molecular weight is 314 g/mol. The van der Waals surface area contributed by atoms with Gasteiger partial charge in [-0.2, -0.15) is 5.26 Å². The summed E-state index contributed by atoms with van der Waals surface area (Å²) in [6.07, 6.45) is 1.06. The maximum Gasteiger partial charge on any atom is 0.134 e. The Morgan fingerprint density at radius 2 is 2.05 bits per heavy atom. The summed E-state index contributed by atoms with van der Waals surface area (Å²) in [5.41, 5.74) is 7.72. The van der Waals surface area contributed by atoms with E-state index in [9.17, 15) is 10.4 Å². The number of thioether (sulfide) groups is 1. The van der Waals surface area contributed by atoms with Gasteiger partial charge >= 0.3 is 0 Å². The number of anilines is 1. The van der Waals surface area contributed by atoms with Crippen molar-refractivity contribution in [3.05, 3.63) is 35.4 Å². The first-order valence-corrected chi connectivity index (χ1v) is 7.38. The Kier molecular flexibility index (Phi) is 4.99. The van der Waals surface area contributed by atoms with E-state index in [2.05, 4.69) is 11.1 Å². The first-order chi connectivity index (χ1) is 10.6. The summed E-state index contributed by atoms with van der Waals surface area (Å²) in [6.45, 7) is -0.0437. The van der Waals surface area contributed by atoms with E-state index in [0.29, 0.717) is 33.0 Å². The highest BCUT2D eigenvalue weighted by Crippen LogP contribution is 2.35. The Hall–Kier alpha value is -2.56. The molecule has 0 fully saturated rings. The van der Waals surface area contributed by atoms with Crippen molar-refractivity contribution >= 4 is 23.8 Å². The van der Waals surface area contributed by atoms with Crippen molar-refractivity contribution in [2.24, 2.45) is 0 Å². The molecule has 1 aromatic carbocycles. The highest BCUT2D eigenvalue weighted by atomic mass is 32.2. The van der Waals surface area contributed by atoms with E-state index < -0.39 is 0 Å². The lowest BCUT2D eigenvalue weighted by Crippen LogP contribution is -2.05. The lowest BCUT2D eigenvalue weighted by molar-refractivity contribution is 0.322. The number of pyridine rings is 1. The summed E-state index contributed by atoms with van der Waals surface area (Å²) in [5, 5.41) is 35.8. The molecule has 0 radical (unpaired) electrons. The van der Waals surface area contributed by atoms with Crippen molar-refractivity contribution in [2.45, 2.75) is 5.03 Å². The smallest absolute Gasteiger partial charge is 0.134 e. The quantitative estimate of drug-likeness (QED) is 0.493. The van der Waals surface area contributed by atoms with Gasteiger partial charge in [0.1, 0.15) is 22.7 Å². The number of aliphatic hydroxyl groups is 1. The molecule has 1 aromatic heterocycles. The fourth-order valence-electron chi connectivity index (χ4n) is 2.02. The van der Waals surface area contributed by atoms with E-state index in [4.69, 9.17) is 16.2 Å². The molecule has 0 saturated heterocycles. The van der Waals surface area contributed by atoms with E-state index in [1.807, 2.05) is 0 Å². The summed E-state index contributed by atoms with van der Waals surface area (Å²) < 4.78 is 0. The van der Waals surface area contributed by atoms with Crippen molar-refractivity contribution in [3.63, 3.8) is 0 Å². The molecule has 112 valence electrons. The maximum atomic E-state index is 9.49. The number of aromatic nitrogens is 1. The largest absolute Gasteiger partial charge is 0.508 e. The zero-order valence-corrected chi connectivity index (χ0v) is 12.4. The van der Waals surface area contributed by atoms with Crippen molar-refractivity contribution in [2.75, 3.05) is 18.1 Å². The second-order valence-corrected chi connectivity index (χ2v) is 5.42. The topological polar surface area (TPSA) is 127 Å². The number of aromatic hydroxyl groups is 1. The number of phenolic OH excluding ortho intramolecular Hbond substituents is 1. The normalized spacial score (nSPS) is 10.2. The molecule has 6 nitrogen and oxygen atoms in total. The van der Waals surface area contributed by atoms with Crippen LogP contribution in [0.15, 0.2) is 29.3 Å². The fraction of sp³-hybridized carbons (Fsp3) is 0.133. The molecule has 0 bridgehead atoms. The number of hydrogen-bond donors (Lipinski definition) is 4. The van der Waals surface area contributed by atoms with Gasteiger partial charge in [0.2, 0.25) is 0 Å². The van der Waals surface area contributed by atoms with Crippen LogP contribution in [0.25, 0.3) is 11.1 Å². The average Bonchev–Trinajstić information content (AvgIpc) is 2.53. The number of hydrogen-bond acceptors (Lipinski definition) is 7. The van der Waals surface area contributed by atoms with Crippen LogP contribution in [0, 0.1) is 16.7 Å². The number of phenols is 1. The van der Waals surface area contributed by atoms with E-state index in [-0.39, 0.29) is 18.2 Å². The molecule has 0 aliphatic rings. The number of rotatable bonds is 5. The standard InChI is InChI=1S/C15H14N4O2S/c16-7-11-13(9-1-3-10(21)4-2-9)12(8-17)15(19-14(11)18)22-6-5-20/h1-4,7,16,20-21H,5-6H2,(H2,18,19). The summed E-state index contributed by atoms with van der Waals surface area (Å²) in [6, 6.07) is 8.41. The van der Waals surface area contributed by atoms with Crippen molar-refractivity contribution in [1.82, 2.24) is 4.98 Å². The van der Waals surface area contributed by atoms with Crippen molar-refractivity contribution in [3.8, 4) is 22.9 Å². The number of nitrogen functional groups attached to an aromatic ring is 1. The Balaban J connectivity index is 2.73. The number of nitrogens with one attached hydrogen (secondary N) is 1. The van der Waals surface area contributed by atoms with Gasteiger partial charge in [-0.3, -0.25) is 0 Å². The number of benzene rings is 1. The van der Waals surface area contributed by atoms with Crippen LogP contribution in [0.4, 0.5) is 5.82 Å². The molecular formula is C15H14N4O2S. The zero-order valence-electron chi connectivity index (χ0n) is 11.6. The lowest BCUT2D eigenvalue weighted by atomic mass is 9.96.